The van der Waals surface area contributed by atoms with E-state index in [1.807, 2.05) is 18.2 Å². The standard InChI is InChI=1S/C15H13ClN2O/c16-15-7-12(8-17)1-4-13(15)10-18-9-11-2-5-14(19)6-3-11/h1-7,18-19H,9-10H2. The molecule has 0 saturated carbocycles. The lowest BCUT2D eigenvalue weighted by atomic mass is 10.1. The van der Waals surface area contributed by atoms with E-state index in [1.165, 1.54) is 0 Å². The summed E-state index contributed by atoms with van der Waals surface area (Å²) in [5.41, 5.74) is 2.61. The number of nitrogens with zero attached hydrogens (tertiary/aromatic N) is 1. The van der Waals surface area contributed by atoms with E-state index < -0.39 is 0 Å². The molecule has 96 valence electrons. The first-order chi connectivity index (χ1) is 9.19. The molecule has 0 bridgehead atoms. The third-order valence-corrected chi connectivity index (χ3v) is 3.11. The number of nitriles is 1. The summed E-state index contributed by atoms with van der Waals surface area (Å²) in [5, 5.41) is 21.8. The van der Waals surface area contributed by atoms with Crippen molar-refractivity contribution in [1.29, 1.82) is 5.26 Å². The molecule has 4 heteroatoms. The zero-order valence-electron chi connectivity index (χ0n) is 10.2. The molecule has 0 aromatic heterocycles. The summed E-state index contributed by atoms with van der Waals surface area (Å²) >= 11 is 6.09. The fourth-order valence-corrected chi connectivity index (χ4v) is 1.96. The van der Waals surface area contributed by atoms with E-state index in [1.54, 1.807) is 24.3 Å². The monoisotopic (exact) mass is 272 g/mol. The average Bonchev–Trinajstić information content (AvgIpc) is 2.42. The van der Waals surface area contributed by atoms with Gasteiger partial charge in [-0.25, -0.2) is 0 Å². The van der Waals surface area contributed by atoms with Crippen molar-refractivity contribution in [3.63, 3.8) is 0 Å². The van der Waals surface area contributed by atoms with E-state index in [-0.39, 0.29) is 5.75 Å². The van der Waals surface area contributed by atoms with E-state index >= 15 is 0 Å². The Kier molecular flexibility index (Phi) is 4.40. The van der Waals surface area contributed by atoms with Gasteiger partial charge < -0.3 is 10.4 Å². The molecular weight excluding hydrogens is 260 g/mol. The summed E-state index contributed by atoms with van der Waals surface area (Å²) in [6.45, 7) is 1.32. The first kappa shape index (κ1) is 13.4. The highest BCUT2D eigenvalue weighted by Gasteiger charge is 2.01. The zero-order chi connectivity index (χ0) is 13.7. The maximum Gasteiger partial charge on any atom is 0.115 e. The number of aromatic hydroxyl groups is 1. The molecule has 2 aromatic carbocycles. The minimum absolute atomic E-state index is 0.263. The van der Waals surface area contributed by atoms with Crippen LogP contribution in [0.4, 0.5) is 0 Å². The third kappa shape index (κ3) is 3.72. The molecule has 0 aliphatic carbocycles. The minimum atomic E-state index is 0.263. The molecule has 2 aromatic rings. The van der Waals surface area contributed by atoms with Crippen LogP contribution >= 0.6 is 11.6 Å². The Balaban J connectivity index is 1.92. The maximum absolute atomic E-state index is 9.18. The summed E-state index contributed by atoms with van der Waals surface area (Å²) in [4.78, 5) is 0. The number of rotatable bonds is 4. The Morgan fingerprint density at radius 1 is 1.11 bits per heavy atom. The van der Waals surface area contributed by atoms with Crippen molar-refractivity contribution in [1.82, 2.24) is 5.32 Å². The highest BCUT2D eigenvalue weighted by molar-refractivity contribution is 6.31. The van der Waals surface area contributed by atoms with Crippen LogP contribution in [-0.2, 0) is 13.1 Å². The van der Waals surface area contributed by atoms with Crippen LogP contribution in [0.3, 0.4) is 0 Å². The molecule has 0 aliphatic heterocycles. The summed E-state index contributed by atoms with van der Waals surface area (Å²) in [5.74, 6) is 0.263. The molecule has 0 saturated heterocycles. The number of nitrogens with one attached hydrogen (secondary N) is 1. The van der Waals surface area contributed by atoms with Crippen molar-refractivity contribution in [3.8, 4) is 11.8 Å². The number of benzene rings is 2. The van der Waals surface area contributed by atoms with Crippen molar-refractivity contribution in [2.75, 3.05) is 0 Å². The quantitative estimate of drug-likeness (QED) is 0.899. The van der Waals surface area contributed by atoms with Gasteiger partial charge in [-0.1, -0.05) is 29.8 Å². The number of hydrogen-bond donors (Lipinski definition) is 2. The molecule has 2 N–H and O–H groups in total. The zero-order valence-corrected chi connectivity index (χ0v) is 11.0. The number of halogens is 1. The van der Waals surface area contributed by atoms with Gasteiger partial charge in [0.1, 0.15) is 5.75 Å². The molecule has 0 heterocycles. The second-order valence-electron chi connectivity index (χ2n) is 4.19. The van der Waals surface area contributed by atoms with Gasteiger partial charge in [0, 0.05) is 18.1 Å². The molecule has 0 spiro atoms. The Morgan fingerprint density at radius 3 is 2.47 bits per heavy atom. The predicted octanol–water partition coefficient (Wildman–Crippen LogP) is 3.21. The van der Waals surface area contributed by atoms with Crippen LogP contribution in [0.5, 0.6) is 5.75 Å². The smallest absolute Gasteiger partial charge is 0.115 e. The average molecular weight is 273 g/mol. The fourth-order valence-electron chi connectivity index (χ4n) is 1.72. The number of hydrogen-bond acceptors (Lipinski definition) is 3. The Labute approximate surface area is 117 Å². The summed E-state index contributed by atoms with van der Waals surface area (Å²) in [7, 11) is 0. The molecule has 2 rings (SSSR count). The molecule has 0 aliphatic rings. The van der Waals surface area contributed by atoms with Gasteiger partial charge in [-0.15, -0.1) is 0 Å². The highest BCUT2D eigenvalue weighted by Crippen LogP contribution is 2.17. The van der Waals surface area contributed by atoms with Gasteiger partial charge in [0.25, 0.3) is 0 Å². The van der Waals surface area contributed by atoms with Gasteiger partial charge in [0.15, 0.2) is 0 Å². The second-order valence-corrected chi connectivity index (χ2v) is 4.60. The first-order valence-electron chi connectivity index (χ1n) is 5.86. The lowest BCUT2D eigenvalue weighted by Gasteiger charge is -2.07. The Hall–Kier alpha value is -2.02. The van der Waals surface area contributed by atoms with E-state index in [0.29, 0.717) is 23.7 Å². The predicted molar refractivity (Wildman–Crippen MR) is 74.8 cm³/mol. The first-order valence-corrected chi connectivity index (χ1v) is 6.24. The van der Waals surface area contributed by atoms with Crippen LogP contribution in [0, 0.1) is 11.3 Å². The van der Waals surface area contributed by atoms with Crippen LogP contribution in [-0.4, -0.2) is 5.11 Å². The molecule has 0 unspecified atom stereocenters. The van der Waals surface area contributed by atoms with E-state index in [9.17, 15) is 5.11 Å². The van der Waals surface area contributed by atoms with Gasteiger partial charge in [0.05, 0.1) is 11.6 Å². The van der Waals surface area contributed by atoms with Crippen LogP contribution in [0.1, 0.15) is 16.7 Å². The third-order valence-electron chi connectivity index (χ3n) is 2.76. The SMILES string of the molecule is N#Cc1ccc(CNCc2ccc(O)cc2)c(Cl)c1. The van der Waals surface area contributed by atoms with Crippen molar-refractivity contribution in [2.45, 2.75) is 13.1 Å². The lowest BCUT2D eigenvalue weighted by Crippen LogP contribution is -2.12. The largest absolute Gasteiger partial charge is 0.508 e. The van der Waals surface area contributed by atoms with E-state index in [2.05, 4.69) is 11.4 Å². The van der Waals surface area contributed by atoms with Crippen LogP contribution in [0.15, 0.2) is 42.5 Å². The molecule has 19 heavy (non-hydrogen) atoms. The van der Waals surface area contributed by atoms with Gasteiger partial charge in [-0.05, 0) is 35.4 Å². The Morgan fingerprint density at radius 2 is 1.84 bits per heavy atom. The number of phenolic OH excluding ortho intramolecular Hbond substituents is 1. The van der Waals surface area contributed by atoms with Crippen molar-refractivity contribution in [3.05, 3.63) is 64.2 Å². The summed E-state index contributed by atoms with van der Waals surface area (Å²) in [6, 6.07) is 14.4. The minimum Gasteiger partial charge on any atom is -0.508 e. The highest BCUT2D eigenvalue weighted by atomic mass is 35.5. The molecule has 0 atom stereocenters. The van der Waals surface area contributed by atoms with Gasteiger partial charge in [-0.3, -0.25) is 0 Å². The normalized spacial score (nSPS) is 10.1. The molecule has 0 fully saturated rings. The Bertz CT molecular complexity index is 603. The van der Waals surface area contributed by atoms with Crippen LogP contribution in [0.2, 0.25) is 5.02 Å². The van der Waals surface area contributed by atoms with Crippen molar-refractivity contribution in [2.24, 2.45) is 0 Å². The maximum atomic E-state index is 9.18. The molecule has 0 amide bonds. The van der Waals surface area contributed by atoms with E-state index in [4.69, 9.17) is 16.9 Å². The second kappa shape index (κ2) is 6.24. The van der Waals surface area contributed by atoms with Crippen molar-refractivity contribution < 1.29 is 5.11 Å². The molecule has 0 radical (unpaired) electrons. The van der Waals surface area contributed by atoms with Crippen LogP contribution in [0.25, 0.3) is 0 Å². The van der Waals surface area contributed by atoms with Gasteiger partial charge in [0.2, 0.25) is 0 Å². The van der Waals surface area contributed by atoms with Crippen LogP contribution < -0.4 is 5.32 Å². The summed E-state index contributed by atoms with van der Waals surface area (Å²) in [6.07, 6.45) is 0. The lowest BCUT2D eigenvalue weighted by molar-refractivity contribution is 0.475. The van der Waals surface area contributed by atoms with E-state index in [0.717, 1.165) is 11.1 Å². The molecular formula is C15H13ClN2O. The van der Waals surface area contributed by atoms with Gasteiger partial charge in [-0.2, -0.15) is 5.26 Å². The number of phenols is 1. The molecule has 3 nitrogen and oxygen atoms in total. The van der Waals surface area contributed by atoms with Gasteiger partial charge >= 0.3 is 0 Å². The van der Waals surface area contributed by atoms with Crippen molar-refractivity contribution >= 4 is 11.6 Å². The topological polar surface area (TPSA) is 56.0 Å². The fraction of sp³-hybridized carbons (Fsp3) is 0.133. The summed E-state index contributed by atoms with van der Waals surface area (Å²) < 4.78 is 0.